The van der Waals surface area contributed by atoms with Crippen LogP contribution < -0.4 is 5.32 Å². The van der Waals surface area contributed by atoms with E-state index in [-0.39, 0.29) is 5.91 Å². The summed E-state index contributed by atoms with van der Waals surface area (Å²) in [5.41, 5.74) is 3.03. The van der Waals surface area contributed by atoms with Crippen LogP contribution in [0.4, 0.5) is 0 Å². The highest BCUT2D eigenvalue weighted by atomic mass is 16.1. The molecule has 5 heteroatoms. The number of H-pyrrole nitrogens is 1. The Labute approximate surface area is 116 Å². The number of aromatic nitrogens is 3. The second kappa shape index (κ2) is 5.13. The van der Waals surface area contributed by atoms with E-state index in [1.165, 1.54) is 0 Å². The van der Waals surface area contributed by atoms with Crippen LogP contribution >= 0.6 is 0 Å². The van der Waals surface area contributed by atoms with Gasteiger partial charge >= 0.3 is 0 Å². The van der Waals surface area contributed by atoms with Gasteiger partial charge in [-0.25, -0.2) is 4.98 Å². The molecule has 100 valence electrons. The fourth-order valence-corrected chi connectivity index (χ4v) is 2.08. The van der Waals surface area contributed by atoms with Gasteiger partial charge in [0.2, 0.25) is 0 Å². The van der Waals surface area contributed by atoms with Gasteiger partial charge in [-0.05, 0) is 25.1 Å². The second-order valence-corrected chi connectivity index (χ2v) is 4.57. The number of hydrogen-bond acceptors (Lipinski definition) is 3. The number of nitrogens with one attached hydrogen (secondary N) is 2. The maximum absolute atomic E-state index is 12.0. The van der Waals surface area contributed by atoms with Gasteiger partial charge in [0, 0.05) is 11.1 Å². The lowest BCUT2D eigenvalue weighted by molar-refractivity contribution is 0.0945. The SMILES string of the molecule is Cc1cccc(C(=O)NCc2[nH]nc3ccccc23)n1. The maximum atomic E-state index is 12.0. The lowest BCUT2D eigenvalue weighted by Gasteiger charge is -2.04. The summed E-state index contributed by atoms with van der Waals surface area (Å²) in [5.74, 6) is -0.188. The van der Waals surface area contributed by atoms with Crippen molar-refractivity contribution in [2.24, 2.45) is 0 Å². The van der Waals surface area contributed by atoms with Crippen LogP contribution in [0.2, 0.25) is 0 Å². The zero-order valence-electron chi connectivity index (χ0n) is 11.1. The first-order chi connectivity index (χ1) is 9.74. The number of rotatable bonds is 3. The van der Waals surface area contributed by atoms with Crippen LogP contribution in [-0.2, 0) is 6.54 Å². The van der Waals surface area contributed by atoms with Crippen molar-refractivity contribution in [1.29, 1.82) is 0 Å². The van der Waals surface area contributed by atoms with Gasteiger partial charge < -0.3 is 5.32 Å². The number of nitrogens with zero attached hydrogens (tertiary/aromatic N) is 2. The normalized spacial score (nSPS) is 10.7. The minimum atomic E-state index is -0.188. The zero-order chi connectivity index (χ0) is 13.9. The number of pyridine rings is 1. The van der Waals surface area contributed by atoms with Gasteiger partial charge in [-0.3, -0.25) is 9.89 Å². The number of carbonyl (C=O) groups is 1. The fraction of sp³-hybridized carbons (Fsp3) is 0.133. The molecule has 1 aromatic carbocycles. The van der Waals surface area contributed by atoms with Crippen molar-refractivity contribution < 1.29 is 4.79 Å². The van der Waals surface area contributed by atoms with E-state index in [9.17, 15) is 4.79 Å². The molecule has 2 N–H and O–H groups in total. The molecule has 5 nitrogen and oxygen atoms in total. The van der Waals surface area contributed by atoms with Gasteiger partial charge in [-0.1, -0.05) is 24.3 Å². The summed E-state index contributed by atoms with van der Waals surface area (Å²) in [6.07, 6.45) is 0. The van der Waals surface area contributed by atoms with Crippen LogP contribution in [0.1, 0.15) is 21.9 Å². The predicted molar refractivity (Wildman–Crippen MR) is 76.2 cm³/mol. The quantitative estimate of drug-likeness (QED) is 0.763. The van der Waals surface area contributed by atoms with Gasteiger partial charge in [0.05, 0.1) is 17.8 Å². The summed E-state index contributed by atoms with van der Waals surface area (Å²) in [5, 5.41) is 11.0. The lowest BCUT2D eigenvalue weighted by Crippen LogP contribution is -2.24. The molecule has 2 aromatic heterocycles. The molecule has 20 heavy (non-hydrogen) atoms. The van der Waals surface area contributed by atoms with Crippen molar-refractivity contribution in [3.05, 3.63) is 59.5 Å². The Morgan fingerprint density at radius 3 is 2.90 bits per heavy atom. The van der Waals surface area contributed by atoms with Crippen molar-refractivity contribution in [3.8, 4) is 0 Å². The third-order valence-corrected chi connectivity index (χ3v) is 3.09. The predicted octanol–water partition coefficient (Wildman–Crippen LogP) is 2.20. The molecule has 0 spiro atoms. The van der Waals surface area contributed by atoms with Gasteiger partial charge in [-0.2, -0.15) is 5.10 Å². The van der Waals surface area contributed by atoms with E-state index in [1.807, 2.05) is 43.3 Å². The van der Waals surface area contributed by atoms with E-state index >= 15 is 0 Å². The van der Waals surface area contributed by atoms with E-state index in [1.54, 1.807) is 6.07 Å². The number of carbonyl (C=O) groups excluding carboxylic acids is 1. The van der Waals surface area contributed by atoms with E-state index in [4.69, 9.17) is 0 Å². The minimum Gasteiger partial charge on any atom is -0.345 e. The molecule has 0 unspecified atom stereocenters. The van der Waals surface area contributed by atoms with Gasteiger partial charge in [-0.15, -0.1) is 0 Å². The molecular formula is C15H14N4O. The van der Waals surface area contributed by atoms with E-state index in [2.05, 4.69) is 20.5 Å². The molecule has 0 bridgehead atoms. The van der Waals surface area contributed by atoms with Crippen LogP contribution in [0.3, 0.4) is 0 Å². The van der Waals surface area contributed by atoms with Crippen LogP contribution in [0.15, 0.2) is 42.5 Å². The highest BCUT2D eigenvalue weighted by Crippen LogP contribution is 2.14. The van der Waals surface area contributed by atoms with E-state index in [0.29, 0.717) is 12.2 Å². The Kier molecular flexibility index (Phi) is 3.16. The van der Waals surface area contributed by atoms with Crippen molar-refractivity contribution >= 4 is 16.8 Å². The first-order valence-electron chi connectivity index (χ1n) is 6.38. The first-order valence-corrected chi connectivity index (χ1v) is 6.38. The van der Waals surface area contributed by atoms with Crippen molar-refractivity contribution in [2.75, 3.05) is 0 Å². The number of fused-ring (bicyclic) bond motifs is 1. The Balaban J connectivity index is 1.75. The molecule has 0 saturated heterocycles. The van der Waals surface area contributed by atoms with Crippen molar-refractivity contribution in [3.63, 3.8) is 0 Å². The molecule has 2 heterocycles. The number of aryl methyl sites for hydroxylation is 1. The summed E-state index contributed by atoms with van der Waals surface area (Å²) in [6.45, 7) is 2.26. The molecule has 0 saturated carbocycles. The largest absolute Gasteiger partial charge is 0.345 e. The van der Waals surface area contributed by atoms with E-state index in [0.717, 1.165) is 22.3 Å². The van der Waals surface area contributed by atoms with Crippen molar-refractivity contribution in [2.45, 2.75) is 13.5 Å². The monoisotopic (exact) mass is 266 g/mol. The Morgan fingerprint density at radius 2 is 2.05 bits per heavy atom. The molecule has 3 aromatic rings. The average Bonchev–Trinajstić information content (AvgIpc) is 2.88. The lowest BCUT2D eigenvalue weighted by atomic mass is 10.2. The van der Waals surface area contributed by atoms with Crippen LogP contribution in [0.5, 0.6) is 0 Å². The Hall–Kier alpha value is -2.69. The van der Waals surface area contributed by atoms with Crippen LogP contribution in [-0.4, -0.2) is 21.1 Å². The molecule has 0 fully saturated rings. The third kappa shape index (κ3) is 2.38. The molecule has 0 aliphatic heterocycles. The molecular weight excluding hydrogens is 252 g/mol. The van der Waals surface area contributed by atoms with Gasteiger partial charge in [0.1, 0.15) is 5.69 Å². The summed E-state index contributed by atoms with van der Waals surface area (Å²) in [7, 11) is 0. The Morgan fingerprint density at radius 1 is 1.20 bits per heavy atom. The molecule has 0 aliphatic carbocycles. The zero-order valence-corrected chi connectivity index (χ0v) is 11.1. The summed E-state index contributed by atoms with van der Waals surface area (Å²) in [6, 6.07) is 13.2. The summed E-state index contributed by atoms with van der Waals surface area (Å²) in [4.78, 5) is 16.2. The highest BCUT2D eigenvalue weighted by Gasteiger charge is 2.09. The second-order valence-electron chi connectivity index (χ2n) is 4.57. The van der Waals surface area contributed by atoms with E-state index < -0.39 is 0 Å². The van der Waals surface area contributed by atoms with Crippen LogP contribution in [0, 0.1) is 6.92 Å². The van der Waals surface area contributed by atoms with Gasteiger partial charge in [0.25, 0.3) is 5.91 Å². The minimum absolute atomic E-state index is 0.188. The highest BCUT2D eigenvalue weighted by molar-refractivity contribution is 5.92. The first kappa shape index (κ1) is 12.3. The number of benzene rings is 1. The van der Waals surface area contributed by atoms with Crippen molar-refractivity contribution in [1.82, 2.24) is 20.5 Å². The Bertz CT molecular complexity index is 763. The topological polar surface area (TPSA) is 70.7 Å². The standard InChI is InChI=1S/C15H14N4O/c1-10-5-4-8-13(17-10)15(20)16-9-14-11-6-2-3-7-12(11)18-19-14/h2-8H,9H2,1H3,(H,16,20)(H,18,19). The van der Waals surface area contributed by atoms with Crippen LogP contribution in [0.25, 0.3) is 10.9 Å². The molecule has 0 radical (unpaired) electrons. The fourth-order valence-electron chi connectivity index (χ4n) is 2.08. The molecule has 3 rings (SSSR count). The average molecular weight is 266 g/mol. The number of hydrogen-bond donors (Lipinski definition) is 2. The summed E-state index contributed by atoms with van der Waals surface area (Å²) >= 11 is 0. The molecule has 0 atom stereocenters. The number of aromatic amines is 1. The molecule has 0 aliphatic rings. The summed E-state index contributed by atoms with van der Waals surface area (Å²) < 4.78 is 0. The molecule has 1 amide bonds. The smallest absolute Gasteiger partial charge is 0.270 e. The maximum Gasteiger partial charge on any atom is 0.270 e. The number of para-hydroxylation sites is 1. The van der Waals surface area contributed by atoms with Gasteiger partial charge in [0.15, 0.2) is 0 Å². The third-order valence-electron chi connectivity index (χ3n) is 3.09. The number of amides is 1.